The van der Waals surface area contributed by atoms with E-state index in [1.54, 1.807) is 0 Å². The minimum atomic E-state index is -1.23. The minimum absolute atomic E-state index is 0.0831. The monoisotopic (exact) mass is 386 g/mol. The van der Waals surface area contributed by atoms with Crippen molar-refractivity contribution in [1.29, 1.82) is 0 Å². The molecule has 0 atom stereocenters. The largest absolute Gasteiger partial charge is 0.325 e. The van der Waals surface area contributed by atoms with Crippen molar-refractivity contribution in [1.82, 2.24) is 0 Å². The predicted octanol–water partition coefficient (Wildman–Crippen LogP) is 4.31. The number of hydrogen-bond donors (Lipinski definition) is 2. The Hall–Kier alpha value is -3.09. The van der Waals surface area contributed by atoms with Crippen molar-refractivity contribution in [2.75, 3.05) is 10.6 Å². The number of ketones is 1. The molecule has 2 aromatic carbocycles. The molecule has 7 heteroatoms. The maximum atomic E-state index is 13.9. The summed E-state index contributed by atoms with van der Waals surface area (Å²) in [4.78, 5) is 37.2. The molecule has 0 radical (unpaired) electrons. The fraction of sp³-hybridized carbons (Fsp3) is 0.286. The lowest BCUT2D eigenvalue weighted by Gasteiger charge is -2.16. The van der Waals surface area contributed by atoms with Crippen LogP contribution in [-0.4, -0.2) is 17.6 Å². The standard InChI is InChI=1S/C21H20F2N2O3/c1-2-3-18(26)16-12-15(8-9-17(16)23)25-20(28)21(10-11-21)19(27)24-14-6-4-13(22)5-7-14/h4-9,12H,2-3,10-11H2,1H3,(H,24,27)(H,25,28). The van der Waals surface area contributed by atoms with Crippen molar-refractivity contribution in [2.24, 2.45) is 5.41 Å². The van der Waals surface area contributed by atoms with Gasteiger partial charge >= 0.3 is 0 Å². The maximum Gasteiger partial charge on any atom is 0.240 e. The second kappa shape index (κ2) is 7.88. The average molecular weight is 386 g/mol. The molecule has 1 aliphatic rings. The van der Waals surface area contributed by atoms with Gasteiger partial charge in [0, 0.05) is 17.8 Å². The van der Waals surface area contributed by atoms with Crippen molar-refractivity contribution >= 4 is 29.0 Å². The lowest BCUT2D eigenvalue weighted by atomic mass is 10.0. The number of hydrogen-bond acceptors (Lipinski definition) is 3. The first-order valence-corrected chi connectivity index (χ1v) is 9.07. The summed E-state index contributed by atoms with van der Waals surface area (Å²) < 4.78 is 26.9. The summed E-state index contributed by atoms with van der Waals surface area (Å²) in [5.74, 6) is -2.42. The third-order valence-corrected chi connectivity index (χ3v) is 4.72. The van der Waals surface area contributed by atoms with E-state index in [9.17, 15) is 23.2 Å². The predicted molar refractivity (Wildman–Crippen MR) is 101 cm³/mol. The molecule has 28 heavy (non-hydrogen) atoms. The molecule has 2 N–H and O–H groups in total. The lowest BCUT2D eigenvalue weighted by molar-refractivity contribution is -0.131. The highest BCUT2D eigenvalue weighted by atomic mass is 19.1. The van der Waals surface area contributed by atoms with Gasteiger partial charge in [-0.2, -0.15) is 0 Å². The first kappa shape index (κ1) is 19.7. The van der Waals surface area contributed by atoms with E-state index in [1.807, 2.05) is 6.92 Å². The van der Waals surface area contributed by atoms with Crippen LogP contribution in [-0.2, 0) is 9.59 Å². The molecule has 146 valence electrons. The average Bonchev–Trinajstić information content (AvgIpc) is 3.47. The molecule has 1 saturated carbocycles. The van der Waals surface area contributed by atoms with Gasteiger partial charge in [0.25, 0.3) is 0 Å². The highest BCUT2D eigenvalue weighted by Gasteiger charge is 2.56. The third kappa shape index (κ3) is 4.08. The molecule has 2 amide bonds. The summed E-state index contributed by atoms with van der Waals surface area (Å²) in [6.45, 7) is 1.82. The van der Waals surface area contributed by atoms with Crippen molar-refractivity contribution in [3.05, 3.63) is 59.7 Å². The second-order valence-corrected chi connectivity index (χ2v) is 6.87. The van der Waals surface area contributed by atoms with Crippen molar-refractivity contribution in [3.8, 4) is 0 Å². The molecule has 0 aliphatic heterocycles. The Bertz CT molecular complexity index is 922. The first-order valence-electron chi connectivity index (χ1n) is 9.07. The highest BCUT2D eigenvalue weighted by Crippen LogP contribution is 2.47. The SMILES string of the molecule is CCCC(=O)c1cc(NC(=O)C2(C(=O)Nc3ccc(F)cc3)CC2)ccc1F. The Balaban J connectivity index is 1.71. The number of nitrogens with one attached hydrogen (secondary N) is 2. The minimum Gasteiger partial charge on any atom is -0.325 e. The molecular formula is C21H20F2N2O3. The van der Waals surface area contributed by atoms with Gasteiger partial charge in [-0.1, -0.05) is 6.92 Å². The van der Waals surface area contributed by atoms with Gasteiger partial charge in [0.1, 0.15) is 17.0 Å². The van der Waals surface area contributed by atoms with Crippen LogP contribution in [0.15, 0.2) is 42.5 Å². The zero-order valence-electron chi connectivity index (χ0n) is 15.4. The van der Waals surface area contributed by atoms with Crippen LogP contribution in [0.1, 0.15) is 43.0 Å². The van der Waals surface area contributed by atoms with Gasteiger partial charge in [-0.3, -0.25) is 14.4 Å². The summed E-state index contributed by atoms with van der Waals surface area (Å²) in [6.07, 6.45) is 1.53. The number of benzene rings is 2. The van der Waals surface area contributed by atoms with Gasteiger partial charge in [-0.05, 0) is 61.7 Å². The highest BCUT2D eigenvalue weighted by molar-refractivity contribution is 6.17. The Morgan fingerprint density at radius 3 is 2.07 bits per heavy atom. The van der Waals surface area contributed by atoms with Gasteiger partial charge in [-0.25, -0.2) is 8.78 Å². The van der Waals surface area contributed by atoms with E-state index in [4.69, 9.17) is 0 Å². The molecule has 3 rings (SSSR count). The number of rotatable bonds is 7. The van der Waals surface area contributed by atoms with E-state index in [-0.39, 0.29) is 23.5 Å². The van der Waals surface area contributed by atoms with Crippen molar-refractivity contribution < 1.29 is 23.2 Å². The smallest absolute Gasteiger partial charge is 0.240 e. The zero-order valence-corrected chi connectivity index (χ0v) is 15.4. The van der Waals surface area contributed by atoms with E-state index in [0.717, 1.165) is 6.07 Å². The number of halogens is 2. The molecule has 0 unspecified atom stereocenters. The lowest BCUT2D eigenvalue weighted by Crippen LogP contribution is -2.35. The number of carbonyl (C=O) groups is 3. The first-order chi connectivity index (χ1) is 13.4. The van der Waals surface area contributed by atoms with Gasteiger partial charge in [-0.15, -0.1) is 0 Å². The van der Waals surface area contributed by atoms with Crippen LogP contribution in [0.3, 0.4) is 0 Å². The van der Waals surface area contributed by atoms with Gasteiger partial charge in [0.05, 0.1) is 5.56 Å². The molecule has 0 bridgehead atoms. The van der Waals surface area contributed by atoms with Crippen LogP contribution in [0.25, 0.3) is 0 Å². The van der Waals surface area contributed by atoms with Crippen LogP contribution in [0.4, 0.5) is 20.2 Å². The summed E-state index contributed by atoms with van der Waals surface area (Å²) >= 11 is 0. The normalized spacial score (nSPS) is 14.2. The fourth-order valence-corrected chi connectivity index (χ4v) is 2.90. The summed E-state index contributed by atoms with van der Waals surface area (Å²) in [6, 6.07) is 9.00. The molecule has 5 nitrogen and oxygen atoms in total. The number of carbonyl (C=O) groups excluding carboxylic acids is 3. The van der Waals surface area contributed by atoms with Gasteiger partial charge < -0.3 is 10.6 Å². The molecule has 2 aromatic rings. The van der Waals surface area contributed by atoms with E-state index in [0.29, 0.717) is 24.9 Å². The van der Waals surface area contributed by atoms with Crippen molar-refractivity contribution in [2.45, 2.75) is 32.6 Å². The van der Waals surface area contributed by atoms with E-state index >= 15 is 0 Å². The van der Waals surface area contributed by atoms with Crippen LogP contribution >= 0.6 is 0 Å². The quantitative estimate of drug-likeness (QED) is 0.550. The van der Waals surface area contributed by atoms with Gasteiger partial charge in [0.2, 0.25) is 11.8 Å². The summed E-state index contributed by atoms with van der Waals surface area (Å²) in [5, 5.41) is 5.22. The zero-order chi connectivity index (χ0) is 20.3. The number of anilines is 2. The second-order valence-electron chi connectivity index (χ2n) is 6.87. The van der Waals surface area contributed by atoms with E-state index < -0.39 is 28.9 Å². The molecule has 0 saturated heterocycles. The van der Waals surface area contributed by atoms with Crippen molar-refractivity contribution in [3.63, 3.8) is 0 Å². The Morgan fingerprint density at radius 2 is 1.50 bits per heavy atom. The van der Waals surface area contributed by atoms with Crippen LogP contribution in [0.5, 0.6) is 0 Å². The summed E-state index contributed by atoms with van der Waals surface area (Å²) in [7, 11) is 0. The molecular weight excluding hydrogens is 366 g/mol. The maximum absolute atomic E-state index is 13.9. The van der Waals surface area contributed by atoms with Crippen LogP contribution in [0, 0.1) is 17.0 Å². The molecule has 1 aliphatic carbocycles. The van der Waals surface area contributed by atoms with E-state index in [2.05, 4.69) is 10.6 Å². The third-order valence-electron chi connectivity index (χ3n) is 4.72. The molecule has 0 aromatic heterocycles. The molecule has 0 spiro atoms. The fourth-order valence-electron chi connectivity index (χ4n) is 2.90. The summed E-state index contributed by atoms with van der Waals surface area (Å²) in [5.41, 5.74) is -0.664. The molecule has 0 heterocycles. The molecule has 1 fully saturated rings. The van der Waals surface area contributed by atoms with Crippen LogP contribution in [0.2, 0.25) is 0 Å². The Kier molecular flexibility index (Phi) is 5.53. The topological polar surface area (TPSA) is 75.3 Å². The number of Topliss-reactive ketones (excluding diaryl/α,β-unsaturated/α-hetero) is 1. The Morgan fingerprint density at radius 1 is 0.929 bits per heavy atom. The van der Waals surface area contributed by atoms with Gasteiger partial charge in [0.15, 0.2) is 5.78 Å². The Labute approximate surface area is 161 Å². The van der Waals surface area contributed by atoms with Crippen LogP contribution < -0.4 is 10.6 Å². The number of amides is 2. The van der Waals surface area contributed by atoms with E-state index in [1.165, 1.54) is 36.4 Å².